The highest BCUT2D eigenvalue weighted by molar-refractivity contribution is 5.60. The Hall–Kier alpha value is -1.93. The number of rotatable bonds is 3. The number of piperazine rings is 1. The molecule has 2 heterocycles. The van der Waals surface area contributed by atoms with Crippen LogP contribution in [0, 0.1) is 6.92 Å². The van der Waals surface area contributed by atoms with Crippen molar-refractivity contribution in [2.24, 2.45) is 0 Å². The van der Waals surface area contributed by atoms with Crippen LogP contribution in [-0.4, -0.2) is 53.2 Å². The fourth-order valence-electron chi connectivity index (χ4n) is 2.72. The van der Waals surface area contributed by atoms with E-state index in [1.54, 1.807) is 0 Å². The highest BCUT2D eigenvalue weighted by Gasteiger charge is 2.38. The van der Waals surface area contributed by atoms with Crippen LogP contribution in [0.5, 0.6) is 0 Å². The molecule has 1 fully saturated rings. The molecule has 0 atom stereocenters. The van der Waals surface area contributed by atoms with Crippen molar-refractivity contribution in [1.82, 2.24) is 19.9 Å². The van der Waals surface area contributed by atoms with E-state index in [0.29, 0.717) is 5.56 Å². The van der Waals surface area contributed by atoms with Gasteiger partial charge in [0.25, 0.3) is 0 Å². The number of benzene rings is 1. The first-order valence-corrected chi connectivity index (χ1v) is 7.74. The lowest BCUT2D eigenvalue weighted by molar-refractivity contribution is -0.159. The van der Waals surface area contributed by atoms with Crippen molar-refractivity contribution in [1.29, 1.82) is 0 Å². The molecule has 1 aliphatic rings. The van der Waals surface area contributed by atoms with Gasteiger partial charge in [0.1, 0.15) is 0 Å². The number of halogens is 3. The average molecular weight is 340 g/mol. The Bertz CT molecular complexity index is 706. The minimum absolute atomic E-state index is 0.0277. The SMILES string of the molecule is Cc1ccc(CN2CCN(C)CC2)cc1-c1noc(C(F)(F)F)n1. The zero-order valence-corrected chi connectivity index (χ0v) is 13.6. The van der Waals surface area contributed by atoms with Crippen LogP contribution in [0.2, 0.25) is 0 Å². The van der Waals surface area contributed by atoms with Crippen molar-refractivity contribution >= 4 is 0 Å². The standard InChI is InChI=1S/C16H19F3N4O/c1-11-3-4-12(10-23-7-5-22(2)6-8-23)9-13(11)14-20-15(24-21-14)16(17,18)19/h3-4,9H,5-8,10H2,1-2H3. The maximum Gasteiger partial charge on any atom is 0.471 e. The maximum atomic E-state index is 12.6. The molecule has 3 rings (SSSR count). The fraction of sp³-hybridized carbons (Fsp3) is 0.500. The number of hydrogen-bond donors (Lipinski definition) is 0. The first-order chi connectivity index (χ1) is 11.3. The van der Waals surface area contributed by atoms with Gasteiger partial charge in [-0.1, -0.05) is 17.3 Å². The summed E-state index contributed by atoms with van der Waals surface area (Å²) in [4.78, 5) is 8.09. The number of likely N-dealkylation sites (N-methyl/N-ethyl adjacent to an activating group) is 1. The Morgan fingerprint density at radius 3 is 2.50 bits per heavy atom. The van der Waals surface area contributed by atoms with Crippen molar-refractivity contribution < 1.29 is 17.7 Å². The van der Waals surface area contributed by atoms with Gasteiger partial charge in [-0.3, -0.25) is 4.90 Å². The molecule has 1 aliphatic heterocycles. The molecule has 8 heteroatoms. The van der Waals surface area contributed by atoms with Gasteiger partial charge < -0.3 is 9.42 Å². The predicted octanol–water partition coefficient (Wildman–Crippen LogP) is 2.81. The van der Waals surface area contributed by atoms with E-state index >= 15 is 0 Å². The number of aryl methyl sites for hydroxylation is 1. The van der Waals surface area contributed by atoms with E-state index in [4.69, 9.17) is 0 Å². The maximum absolute atomic E-state index is 12.6. The molecule has 24 heavy (non-hydrogen) atoms. The van der Waals surface area contributed by atoms with Crippen LogP contribution in [-0.2, 0) is 12.7 Å². The first-order valence-electron chi connectivity index (χ1n) is 7.74. The summed E-state index contributed by atoms with van der Waals surface area (Å²) in [6.07, 6.45) is -4.63. The summed E-state index contributed by atoms with van der Waals surface area (Å²) in [6.45, 7) is 6.54. The third kappa shape index (κ3) is 3.76. The van der Waals surface area contributed by atoms with Gasteiger partial charge in [0, 0.05) is 38.3 Å². The number of hydrogen-bond acceptors (Lipinski definition) is 5. The van der Waals surface area contributed by atoms with Crippen molar-refractivity contribution in [2.45, 2.75) is 19.6 Å². The zero-order chi connectivity index (χ0) is 17.3. The fourth-order valence-corrected chi connectivity index (χ4v) is 2.72. The topological polar surface area (TPSA) is 45.4 Å². The molecule has 0 unspecified atom stereocenters. The van der Waals surface area contributed by atoms with Crippen molar-refractivity contribution in [3.05, 3.63) is 35.2 Å². The number of nitrogens with zero attached hydrogens (tertiary/aromatic N) is 4. The van der Waals surface area contributed by atoms with E-state index in [9.17, 15) is 13.2 Å². The summed E-state index contributed by atoms with van der Waals surface area (Å²) in [5, 5.41) is 3.49. The van der Waals surface area contributed by atoms with E-state index in [2.05, 4.69) is 31.5 Å². The lowest BCUT2D eigenvalue weighted by Crippen LogP contribution is -2.43. The Morgan fingerprint density at radius 1 is 1.17 bits per heavy atom. The normalized spacial score (nSPS) is 17.4. The van der Waals surface area contributed by atoms with Gasteiger partial charge in [0.2, 0.25) is 5.82 Å². The summed E-state index contributed by atoms with van der Waals surface area (Å²) >= 11 is 0. The van der Waals surface area contributed by atoms with Crippen LogP contribution in [0.1, 0.15) is 17.0 Å². The van der Waals surface area contributed by atoms with Crippen LogP contribution < -0.4 is 0 Å². The van der Waals surface area contributed by atoms with Crippen LogP contribution in [0.4, 0.5) is 13.2 Å². The molecule has 0 saturated carbocycles. The Morgan fingerprint density at radius 2 is 1.88 bits per heavy atom. The van der Waals surface area contributed by atoms with Gasteiger partial charge in [-0.15, -0.1) is 0 Å². The average Bonchev–Trinajstić information content (AvgIpc) is 3.01. The van der Waals surface area contributed by atoms with Gasteiger partial charge in [-0.25, -0.2) is 0 Å². The summed E-state index contributed by atoms with van der Waals surface area (Å²) in [5.41, 5.74) is 2.41. The Kier molecular flexibility index (Phi) is 4.60. The quantitative estimate of drug-likeness (QED) is 0.860. The Labute approximate surface area is 138 Å². The van der Waals surface area contributed by atoms with Crippen LogP contribution in [0.15, 0.2) is 22.7 Å². The van der Waals surface area contributed by atoms with Crippen LogP contribution in [0.25, 0.3) is 11.4 Å². The predicted molar refractivity (Wildman–Crippen MR) is 82.2 cm³/mol. The summed E-state index contributed by atoms with van der Waals surface area (Å²) < 4.78 is 42.2. The smallest absolute Gasteiger partial charge is 0.329 e. The molecule has 1 aromatic heterocycles. The largest absolute Gasteiger partial charge is 0.471 e. The van der Waals surface area contributed by atoms with E-state index in [-0.39, 0.29) is 5.82 Å². The molecule has 2 aromatic rings. The van der Waals surface area contributed by atoms with Crippen LogP contribution >= 0.6 is 0 Å². The van der Waals surface area contributed by atoms with Crippen molar-refractivity contribution in [2.75, 3.05) is 33.2 Å². The van der Waals surface area contributed by atoms with Crippen LogP contribution in [0.3, 0.4) is 0 Å². The van der Waals surface area contributed by atoms with E-state index in [1.807, 2.05) is 25.1 Å². The van der Waals surface area contributed by atoms with E-state index in [1.165, 1.54) is 0 Å². The monoisotopic (exact) mass is 340 g/mol. The highest BCUT2D eigenvalue weighted by atomic mass is 19.4. The molecule has 1 saturated heterocycles. The second-order valence-electron chi connectivity index (χ2n) is 6.15. The highest BCUT2D eigenvalue weighted by Crippen LogP contribution is 2.30. The number of alkyl halides is 3. The summed E-state index contributed by atoms with van der Waals surface area (Å²) in [5.74, 6) is -1.35. The third-order valence-electron chi connectivity index (χ3n) is 4.21. The third-order valence-corrected chi connectivity index (χ3v) is 4.21. The molecule has 0 amide bonds. The minimum Gasteiger partial charge on any atom is -0.329 e. The molecule has 5 nitrogen and oxygen atoms in total. The van der Waals surface area contributed by atoms with Gasteiger partial charge in [0.05, 0.1) is 0 Å². The summed E-state index contributed by atoms with van der Waals surface area (Å²) in [6, 6.07) is 5.71. The van der Waals surface area contributed by atoms with E-state index in [0.717, 1.165) is 43.9 Å². The second kappa shape index (κ2) is 6.52. The molecule has 0 spiro atoms. The molecular formula is C16H19F3N4O. The van der Waals surface area contributed by atoms with Gasteiger partial charge in [0.15, 0.2) is 0 Å². The molecule has 130 valence electrons. The molecule has 0 bridgehead atoms. The summed E-state index contributed by atoms with van der Waals surface area (Å²) in [7, 11) is 2.09. The van der Waals surface area contributed by atoms with Gasteiger partial charge in [-0.05, 0) is 31.2 Å². The molecule has 0 radical (unpaired) electrons. The molecule has 0 aliphatic carbocycles. The lowest BCUT2D eigenvalue weighted by Gasteiger charge is -2.32. The van der Waals surface area contributed by atoms with Crippen molar-refractivity contribution in [3.63, 3.8) is 0 Å². The minimum atomic E-state index is -4.63. The molecule has 0 N–H and O–H groups in total. The first kappa shape index (κ1) is 16.9. The lowest BCUT2D eigenvalue weighted by atomic mass is 10.0. The van der Waals surface area contributed by atoms with Crippen molar-refractivity contribution in [3.8, 4) is 11.4 Å². The van der Waals surface area contributed by atoms with Gasteiger partial charge in [-0.2, -0.15) is 18.2 Å². The zero-order valence-electron chi connectivity index (χ0n) is 13.6. The Balaban J connectivity index is 1.80. The second-order valence-corrected chi connectivity index (χ2v) is 6.15. The number of aromatic nitrogens is 2. The van der Waals surface area contributed by atoms with Gasteiger partial charge >= 0.3 is 12.1 Å². The molecular weight excluding hydrogens is 321 g/mol. The molecule has 1 aromatic carbocycles. The van der Waals surface area contributed by atoms with E-state index < -0.39 is 12.1 Å².